The highest BCUT2D eigenvalue weighted by Gasteiger charge is 2.18. The zero-order valence-electron chi connectivity index (χ0n) is 12.5. The quantitative estimate of drug-likeness (QED) is 0.702. The maximum Gasteiger partial charge on any atom is 0.312 e. The number of hydrogen-bond donors (Lipinski definition) is 3. The van der Waals surface area contributed by atoms with Gasteiger partial charge in [0.05, 0.1) is 0 Å². The van der Waals surface area contributed by atoms with Crippen molar-refractivity contribution in [2.45, 2.75) is 32.9 Å². The summed E-state index contributed by atoms with van der Waals surface area (Å²) in [6.45, 7) is 4.81. The van der Waals surface area contributed by atoms with E-state index in [1.807, 2.05) is 13.8 Å². The number of nitrogens with zero attached hydrogens (tertiary/aromatic N) is 1. The lowest BCUT2D eigenvalue weighted by Crippen LogP contribution is -2.38. The number of aliphatic hydroxyl groups is 1. The first-order chi connectivity index (χ1) is 9.95. The third kappa shape index (κ3) is 5.43. The van der Waals surface area contributed by atoms with E-state index in [1.165, 1.54) is 0 Å². The van der Waals surface area contributed by atoms with Gasteiger partial charge in [0.1, 0.15) is 0 Å². The number of benzene rings is 1. The van der Waals surface area contributed by atoms with Crippen LogP contribution in [-0.2, 0) is 6.54 Å². The number of carbonyl (C=O) groups is 2. The van der Waals surface area contributed by atoms with Gasteiger partial charge < -0.3 is 21.1 Å². The SMILES string of the molecule is CC(C)N(CCCO)C(=O)c1ccc(CNC(N)=O)cc1. The second-order valence-corrected chi connectivity index (χ2v) is 5.08. The van der Waals surface area contributed by atoms with Gasteiger partial charge in [-0.15, -0.1) is 0 Å². The molecule has 0 saturated heterocycles. The molecule has 116 valence electrons. The highest BCUT2D eigenvalue weighted by molar-refractivity contribution is 5.94. The Balaban J connectivity index is 2.74. The third-order valence-electron chi connectivity index (χ3n) is 3.11. The van der Waals surface area contributed by atoms with Crippen LogP contribution in [0.25, 0.3) is 0 Å². The molecule has 4 N–H and O–H groups in total. The van der Waals surface area contributed by atoms with Crippen molar-refractivity contribution in [3.63, 3.8) is 0 Å². The van der Waals surface area contributed by atoms with Gasteiger partial charge >= 0.3 is 6.03 Å². The molecule has 1 aromatic carbocycles. The van der Waals surface area contributed by atoms with Crippen molar-refractivity contribution < 1.29 is 14.7 Å². The minimum Gasteiger partial charge on any atom is -0.396 e. The van der Waals surface area contributed by atoms with Crippen molar-refractivity contribution in [1.29, 1.82) is 0 Å². The monoisotopic (exact) mass is 293 g/mol. The van der Waals surface area contributed by atoms with Gasteiger partial charge in [-0.05, 0) is 38.0 Å². The molecule has 0 saturated carbocycles. The minimum absolute atomic E-state index is 0.0622. The number of urea groups is 1. The van der Waals surface area contributed by atoms with Crippen molar-refractivity contribution >= 4 is 11.9 Å². The predicted molar refractivity (Wildman–Crippen MR) is 80.7 cm³/mol. The van der Waals surface area contributed by atoms with E-state index in [4.69, 9.17) is 10.8 Å². The summed E-state index contributed by atoms with van der Waals surface area (Å²) in [6.07, 6.45) is 0.560. The summed E-state index contributed by atoms with van der Waals surface area (Å²) in [5.41, 5.74) is 6.47. The van der Waals surface area contributed by atoms with E-state index in [9.17, 15) is 9.59 Å². The van der Waals surface area contributed by atoms with E-state index in [-0.39, 0.29) is 18.6 Å². The zero-order valence-corrected chi connectivity index (χ0v) is 12.5. The van der Waals surface area contributed by atoms with Gasteiger partial charge in [-0.25, -0.2) is 4.79 Å². The molecule has 0 fully saturated rings. The maximum absolute atomic E-state index is 12.4. The first kappa shape index (κ1) is 17.0. The molecular formula is C15H23N3O3. The van der Waals surface area contributed by atoms with E-state index in [0.29, 0.717) is 25.1 Å². The lowest BCUT2D eigenvalue weighted by Gasteiger charge is -2.26. The first-order valence-electron chi connectivity index (χ1n) is 6.99. The summed E-state index contributed by atoms with van der Waals surface area (Å²) in [4.78, 5) is 24.8. The van der Waals surface area contributed by atoms with E-state index < -0.39 is 6.03 Å². The molecule has 0 atom stereocenters. The van der Waals surface area contributed by atoms with Crippen LogP contribution in [0.15, 0.2) is 24.3 Å². The van der Waals surface area contributed by atoms with Crippen LogP contribution < -0.4 is 11.1 Å². The maximum atomic E-state index is 12.4. The fourth-order valence-electron chi connectivity index (χ4n) is 1.96. The fourth-order valence-corrected chi connectivity index (χ4v) is 1.96. The number of hydrogen-bond acceptors (Lipinski definition) is 3. The van der Waals surface area contributed by atoms with Crippen LogP contribution in [0.3, 0.4) is 0 Å². The van der Waals surface area contributed by atoms with Crippen molar-refractivity contribution in [2.75, 3.05) is 13.2 Å². The smallest absolute Gasteiger partial charge is 0.312 e. The average Bonchev–Trinajstić information content (AvgIpc) is 2.45. The number of aliphatic hydroxyl groups excluding tert-OH is 1. The normalized spacial score (nSPS) is 10.5. The molecule has 3 amide bonds. The van der Waals surface area contributed by atoms with E-state index in [1.54, 1.807) is 29.2 Å². The molecule has 0 aliphatic heterocycles. The second-order valence-electron chi connectivity index (χ2n) is 5.08. The van der Waals surface area contributed by atoms with Crippen molar-refractivity contribution in [1.82, 2.24) is 10.2 Å². The highest BCUT2D eigenvalue weighted by Crippen LogP contribution is 2.11. The minimum atomic E-state index is -0.579. The fraction of sp³-hybridized carbons (Fsp3) is 0.467. The van der Waals surface area contributed by atoms with Crippen molar-refractivity contribution in [3.8, 4) is 0 Å². The van der Waals surface area contributed by atoms with Crippen LogP contribution in [0.2, 0.25) is 0 Å². The highest BCUT2D eigenvalue weighted by atomic mass is 16.3. The summed E-state index contributed by atoms with van der Waals surface area (Å²) in [6, 6.07) is 6.52. The number of nitrogens with one attached hydrogen (secondary N) is 1. The van der Waals surface area contributed by atoms with E-state index in [0.717, 1.165) is 5.56 Å². The van der Waals surface area contributed by atoms with Gasteiger partial charge in [0.15, 0.2) is 0 Å². The van der Waals surface area contributed by atoms with Crippen LogP contribution in [0.5, 0.6) is 0 Å². The Bertz CT molecular complexity index is 472. The molecule has 1 aromatic rings. The van der Waals surface area contributed by atoms with Gasteiger partial charge in [0, 0.05) is 31.3 Å². The Labute approximate surface area is 124 Å². The average molecular weight is 293 g/mol. The van der Waals surface area contributed by atoms with Crippen LogP contribution in [0, 0.1) is 0 Å². The topological polar surface area (TPSA) is 95.7 Å². The molecule has 0 heterocycles. The van der Waals surface area contributed by atoms with Crippen LogP contribution in [-0.4, -0.2) is 41.1 Å². The first-order valence-corrected chi connectivity index (χ1v) is 6.99. The standard InChI is InChI=1S/C15H23N3O3/c1-11(2)18(8-3-9-19)14(20)13-6-4-12(5-7-13)10-17-15(16)21/h4-7,11,19H,3,8-10H2,1-2H3,(H3,16,17,21). The summed E-state index contributed by atoms with van der Waals surface area (Å²) in [5, 5.41) is 11.4. The number of nitrogens with two attached hydrogens (primary N) is 1. The zero-order chi connectivity index (χ0) is 15.8. The molecular weight excluding hydrogens is 270 g/mol. The molecule has 0 aromatic heterocycles. The molecule has 6 heteroatoms. The lowest BCUT2D eigenvalue weighted by molar-refractivity contribution is 0.0693. The summed E-state index contributed by atoms with van der Waals surface area (Å²) < 4.78 is 0. The van der Waals surface area contributed by atoms with Crippen LogP contribution in [0.4, 0.5) is 4.79 Å². The molecule has 0 aliphatic carbocycles. The number of amides is 3. The third-order valence-corrected chi connectivity index (χ3v) is 3.11. The van der Waals surface area contributed by atoms with E-state index >= 15 is 0 Å². The van der Waals surface area contributed by atoms with Gasteiger partial charge in [-0.2, -0.15) is 0 Å². The van der Waals surface area contributed by atoms with E-state index in [2.05, 4.69) is 5.32 Å². The molecule has 0 aliphatic rings. The molecule has 0 unspecified atom stereocenters. The Morgan fingerprint density at radius 2 is 1.90 bits per heavy atom. The second kappa shape index (κ2) is 8.26. The summed E-state index contributed by atoms with van der Waals surface area (Å²) >= 11 is 0. The number of rotatable bonds is 7. The van der Waals surface area contributed by atoms with Gasteiger partial charge in [-0.1, -0.05) is 12.1 Å². The number of primary amides is 1. The molecule has 0 spiro atoms. The van der Waals surface area contributed by atoms with Crippen LogP contribution in [0.1, 0.15) is 36.2 Å². The Kier molecular flexibility index (Phi) is 6.68. The Morgan fingerprint density at radius 3 is 2.38 bits per heavy atom. The van der Waals surface area contributed by atoms with Gasteiger partial charge in [-0.3, -0.25) is 4.79 Å². The van der Waals surface area contributed by atoms with Crippen molar-refractivity contribution in [3.05, 3.63) is 35.4 Å². The van der Waals surface area contributed by atoms with Crippen molar-refractivity contribution in [2.24, 2.45) is 5.73 Å². The molecule has 21 heavy (non-hydrogen) atoms. The molecule has 0 bridgehead atoms. The molecule has 0 radical (unpaired) electrons. The Morgan fingerprint density at radius 1 is 1.29 bits per heavy atom. The Hall–Kier alpha value is -2.08. The molecule has 1 rings (SSSR count). The van der Waals surface area contributed by atoms with Gasteiger partial charge in [0.25, 0.3) is 5.91 Å². The molecule has 6 nitrogen and oxygen atoms in total. The van der Waals surface area contributed by atoms with Gasteiger partial charge in [0.2, 0.25) is 0 Å². The lowest BCUT2D eigenvalue weighted by atomic mass is 10.1. The predicted octanol–water partition coefficient (Wildman–Crippen LogP) is 1.09. The summed E-state index contributed by atoms with van der Waals surface area (Å²) in [7, 11) is 0. The summed E-state index contributed by atoms with van der Waals surface area (Å²) in [5.74, 6) is -0.0622. The number of carbonyl (C=O) groups excluding carboxylic acids is 2. The van der Waals surface area contributed by atoms with Crippen LogP contribution >= 0.6 is 0 Å². The largest absolute Gasteiger partial charge is 0.396 e.